The van der Waals surface area contributed by atoms with Crippen molar-refractivity contribution in [3.63, 3.8) is 0 Å². The lowest BCUT2D eigenvalue weighted by Gasteiger charge is -2.26. The van der Waals surface area contributed by atoms with Crippen LogP contribution in [0.25, 0.3) is 0 Å². The Bertz CT molecular complexity index is 729. The Hall–Kier alpha value is -2.74. The number of rotatable bonds is 5. The molecule has 1 aliphatic heterocycles. The van der Waals surface area contributed by atoms with E-state index in [1.165, 1.54) is 7.11 Å². The van der Waals surface area contributed by atoms with Crippen LogP contribution in [-0.2, 0) is 29.0 Å². The lowest BCUT2D eigenvalue weighted by molar-refractivity contribution is -0.136. The minimum absolute atomic E-state index is 0.0361. The summed E-state index contributed by atoms with van der Waals surface area (Å²) < 4.78 is 4.89. The average Bonchev–Trinajstić information content (AvgIpc) is 3.04. The second kappa shape index (κ2) is 7.22. The number of carbonyl (C=O) groups is 2. The van der Waals surface area contributed by atoms with Crippen LogP contribution in [0.15, 0.2) is 24.4 Å². The van der Waals surface area contributed by atoms with E-state index in [1.807, 2.05) is 18.2 Å². The van der Waals surface area contributed by atoms with E-state index in [-0.39, 0.29) is 18.4 Å². The summed E-state index contributed by atoms with van der Waals surface area (Å²) in [6.45, 7) is 1.31. The van der Waals surface area contributed by atoms with Crippen LogP contribution in [0.3, 0.4) is 0 Å². The molecule has 0 fully saturated rings. The standard InChI is InChI=1S/C16H19N5O3/c1-24-10-14(22)21-7-5-13-12(9-21)15(20-19-13)16(23)18-8-11-4-2-3-6-17-11/h2-4,6H,5,7-10H2,1H3,(H,18,23)(H,19,20). The molecular weight excluding hydrogens is 310 g/mol. The van der Waals surface area contributed by atoms with E-state index < -0.39 is 0 Å². The number of hydrogen-bond donors (Lipinski definition) is 2. The van der Waals surface area contributed by atoms with Gasteiger partial charge in [-0.3, -0.25) is 19.7 Å². The normalized spacial score (nSPS) is 13.5. The van der Waals surface area contributed by atoms with E-state index in [2.05, 4.69) is 20.5 Å². The maximum Gasteiger partial charge on any atom is 0.272 e. The summed E-state index contributed by atoms with van der Waals surface area (Å²) >= 11 is 0. The van der Waals surface area contributed by atoms with Gasteiger partial charge in [-0.1, -0.05) is 6.07 Å². The van der Waals surface area contributed by atoms with Crippen LogP contribution >= 0.6 is 0 Å². The van der Waals surface area contributed by atoms with Crippen molar-refractivity contribution in [2.75, 3.05) is 20.3 Å². The number of nitrogens with zero attached hydrogens (tertiary/aromatic N) is 3. The van der Waals surface area contributed by atoms with Crippen LogP contribution in [0.2, 0.25) is 0 Å². The number of aromatic amines is 1. The molecule has 2 aromatic rings. The number of H-pyrrole nitrogens is 1. The topological polar surface area (TPSA) is 100 Å². The van der Waals surface area contributed by atoms with Crippen LogP contribution in [0.4, 0.5) is 0 Å². The third-order valence-electron chi connectivity index (χ3n) is 3.93. The molecule has 126 valence electrons. The number of carbonyl (C=O) groups excluding carboxylic acids is 2. The van der Waals surface area contributed by atoms with Crippen molar-refractivity contribution in [3.05, 3.63) is 47.0 Å². The van der Waals surface area contributed by atoms with Gasteiger partial charge >= 0.3 is 0 Å². The summed E-state index contributed by atoms with van der Waals surface area (Å²) in [4.78, 5) is 30.2. The predicted octanol–water partition coefficient (Wildman–Crippen LogP) is 0.266. The zero-order valence-corrected chi connectivity index (χ0v) is 13.4. The van der Waals surface area contributed by atoms with Gasteiger partial charge in [-0.15, -0.1) is 0 Å². The van der Waals surface area contributed by atoms with Gasteiger partial charge in [-0.05, 0) is 12.1 Å². The van der Waals surface area contributed by atoms with Crippen LogP contribution in [0.5, 0.6) is 0 Å². The lowest BCUT2D eigenvalue weighted by Crippen LogP contribution is -2.38. The molecule has 3 heterocycles. The SMILES string of the molecule is COCC(=O)N1CCc2[nH]nc(C(=O)NCc3ccccn3)c2C1. The largest absolute Gasteiger partial charge is 0.375 e. The van der Waals surface area contributed by atoms with Crippen molar-refractivity contribution < 1.29 is 14.3 Å². The van der Waals surface area contributed by atoms with E-state index in [9.17, 15) is 9.59 Å². The predicted molar refractivity (Wildman–Crippen MR) is 85.0 cm³/mol. The van der Waals surface area contributed by atoms with E-state index in [0.717, 1.165) is 17.0 Å². The molecule has 0 spiro atoms. The molecule has 0 unspecified atom stereocenters. The average molecular weight is 329 g/mol. The molecular formula is C16H19N5O3. The van der Waals surface area contributed by atoms with Gasteiger partial charge in [0, 0.05) is 44.1 Å². The van der Waals surface area contributed by atoms with E-state index in [4.69, 9.17) is 4.74 Å². The summed E-state index contributed by atoms with van der Waals surface area (Å²) in [7, 11) is 1.49. The highest BCUT2D eigenvalue weighted by Gasteiger charge is 2.27. The summed E-state index contributed by atoms with van der Waals surface area (Å²) in [6, 6.07) is 5.52. The van der Waals surface area contributed by atoms with Gasteiger partial charge in [0.05, 0.1) is 12.2 Å². The first-order valence-corrected chi connectivity index (χ1v) is 7.70. The highest BCUT2D eigenvalue weighted by molar-refractivity contribution is 5.94. The monoisotopic (exact) mass is 329 g/mol. The number of hydrogen-bond acceptors (Lipinski definition) is 5. The van der Waals surface area contributed by atoms with Crippen LogP contribution in [0, 0.1) is 0 Å². The lowest BCUT2D eigenvalue weighted by atomic mass is 10.0. The maximum atomic E-state index is 12.4. The molecule has 8 nitrogen and oxygen atoms in total. The fourth-order valence-corrected chi connectivity index (χ4v) is 2.67. The molecule has 0 radical (unpaired) electrons. The minimum atomic E-state index is -0.279. The first-order valence-electron chi connectivity index (χ1n) is 7.70. The quantitative estimate of drug-likeness (QED) is 0.820. The highest BCUT2D eigenvalue weighted by atomic mass is 16.5. The summed E-state index contributed by atoms with van der Waals surface area (Å²) in [5.41, 5.74) is 2.77. The minimum Gasteiger partial charge on any atom is -0.375 e. The Kier molecular flexibility index (Phi) is 4.85. The summed E-state index contributed by atoms with van der Waals surface area (Å²) in [5.74, 6) is -0.372. The Morgan fingerprint density at radius 3 is 3.04 bits per heavy atom. The Labute approximate surface area is 139 Å². The van der Waals surface area contributed by atoms with Crippen molar-refractivity contribution in [1.82, 2.24) is 25.4 Å². The van der Waals surface area contributed by atoms with Gasteiger partial charge in [-0.2, -0.15) is 5.10 Å². The molecule has 0 aliphatic carbocycles. The smallest absolute Gasteiger partial charge is 0.272 e. The van der Waals surface area contributed by atoms with E-state index in [0.29, 0.717) is 31.7 Å². The van der Waals surface area contributed by atoms with Crippen molar-refractivity contribution in [1.29, 1.82) is 0 Å². The van der Waals surface area contributed by atoms with E-state index >= 15 is 0 Å². The van der Waals surface area contributed by atoms with Gasteiger partial charge in [-0.25, -0.2) is 0 Å². The first-order chi connectivity index (χ1) is 11.7. The van der Waals surface area contributed by atoms with Gasteiger partial charge in [0.2, 0.25) is 5.91 Å². The highest BCUT2D eigenvalue weighted by Crippen LogP contribution is 2.20. The number of aromatic nitrogens is 3. The van der Waals surface area contributed by atoms with Crippen LogP contribution < -0.4 is 5.32 Å². The number of pyridine rings is 1. The van der Waals surface area contributed by atoms with Gasteiger partial charge in [0.15, 0.2) is 5.69 Å². The van der Waals surface area contributed by atoms with Crippen molar-refractivity contribution in [2.24, 2.45) is 0 Å². The number of nitrogens with one attached hydrogen (secondary N) is 2. The second-order valence-corrected chi connectivity index (χ2v) is 5.53. The molecule has 0 aromatic carbocycles. The summed E-state index contributed by atoms with van der Waals surface area (Å²) in [6.07, 6.45) is 2.32. The fraction of sp³-hybridized carbons (Fsp3) is 0.375. The molecule has 2 N–H and O–H groups in total. The van der Waals surface area contributed by atoms with Gasteiger partial charge in [0.1, 0.15) is 6.61 Å². The Balaban J connectivity index is 1.68. The van der Waals surface area contributed by atoms with E-state index in [1.54, 1.807) is 11.1 Å². The second-order valence-electron chi connectivity index (χ2n) is 5.53. The molecule has 3 rings (SSSR count). The molecule has 0 saturated carbocycles. The summed E-state index contributed by atoms with van der Waals surface area (Å²) in [5, 5.41) is 9.83. The zero-order chi connectivity index (χ0) is 16.9. The van der Waals surface area contributed by atoms with Crippen molar-refractivity contribution >= 4 is 11.8 Å². The third-order valence-corrected chi connectivity index (χ3v) is 3.93. The molecule has 0 saturated heterocycles. The maximum absolute atomic E-state index is 12.4. The molecule has 8 heteroatoms. The molecule has 2 amide bonds. The Morgan fingerprint density at radius 2 is 2.29 bits per heavy atom. The number of ether oxygens (including phenoxy) is 1. The number of methoxy groups -OCH3 is 1. The van der Waals surface area contributed by atoms with Crippen molar-refractivity contribution in [3.8, 4) is 0 Å². The molecule has 1 aliphatic rings. The van der Waals surface area contributed by atoms with Crippen LogP contribution in [-0.4, -0.2) is 52.2 Å². The van der Waals surface area contributed by atoms with Gasteiger partial charge < -0.3 is 15.0 Å². The molecule has 0 atom stereocenters. The van der Waals surface area contributed by atoms with Crippen molar-refractivity contribution in [2.45, 2.75) is 19.5 Å². The van der Waals surface area contributed by atoms with Gasteiger partial charge in [0.25, 0.3) is 5.91 Å². The number of amides is 2. The molecule has 0 bridgehead atoms. The first kappa shape index (κ1) is 16.1. The third kappa shape index (κ3) is 3.43. The number of fused-ring (bicyclic) bond motifs is 1. The Morgan fingerprint density at radius 1 is 1.42 bits per heavy atom. The fourth-order valence-electron chi connectivity index (χ4n) is 2.67. The zero-order valence-electron chi connectivity index (χ0n) is 13.4. The molecule has 24 heavy (non-hydrogen) atoms. The molecule has 2 aromatic heterocycles. The van der Waals surface area contributed by atoms with Crippen LogP contribution in [0.1, 0.15) is 27.4 Å².